The second-order valence-electron chi connectivity index (χ2n) is 8.25. The topological polar surface area (TPSA) is 61.4 Å². The predicted molar refractivity (Wildman–Crippen MR) is 124 cm³/mol. The molecule has 3 aromatic rings. The molecule has 1 atom stereocenters. The third-order valence-corrected chi connectivity index (χ3v) is 5.99. The van der Waals surface area contributed by atoms with Gasteiger partial charge in [0.15, 0.2) is 0 Å². The van der Waals surface area contributed by atoms with Crippen molar-refractivity contribution >= 4 is 22.6 Å². The summed E-state index contributed by atoms with van der Waals surface area (Å²) in [6.45, 7) is 4.02. The molecule has 3 aromatic carbocycles. The Hall–Kier alpha value is -3.18. The highest BCUT2D eigenvalue weighted by Crippen LogP contribution is 2.24. The Labute approximate surface area is 183 Å². The summed E-state index contributed by atoms with van der Waals surface area (Å²) in [7, 11) is 0. The Bertz CT molecular complexity index is 1040. The Morgan fingerprint density at radius 2 is 1.61 bits per heavy atom. The molecule has 2 amide bonds. The van der Waals surface area contributed by atoms with Crippen molar-refractivity contribution in [3.63, 3.8) is 0 Å². The number of fused-ring (bicyclic) bond motifs is 1. The van der Waals surface area contributed by atoms with Crippen molar-refractivity contribution in [2.24, 2.45) is 0 Å². The van der Waals surface area contributed by atoms with Gasteiger partial charge in [-0.1, -0.05) is 60.7 Å². The highest BCUT2D eigenvalue weighted by molar-refractivity contribution is 5.94. The van der Waals surface area contributed by atoms with Crippen LogP contribution in [0.15, 0.2) is 72.8 Å². The zero-order chi connectivity index (χ0) is 21.6. The van der Waals surface area contributed by atoms with Crippen molar-refractivity contribution < 1.29 is 9.59 Å². The Kier molecular flexibility index (Phi) is 6.63. The summed E-state index contributed by atoms with van der Waals surface area (Å²) in [4.78, 5) is 27.1. The van der Waals surface area contributed by atoms with E-state index in [1.54, 1.807) is 0 Å². The lowest BCUT2D eigenvalue weighted by Gasteiger charge is -2.32. The number of rotatable bonds is 6. The van der Waals surface area contributed by atoms with E-state index in [0.29, 0.717) is 12.1 Å². The molecular formula is C26H29N3O2. The second-order valence-corrected chi connectivity index (χ2v) is 8.25. The number of hydrogen-bond donors (Lipinski definition) is 2. The number of likely N-dealkylation sites (tertiary alicyclic amines) is 1. The number of nitrogens with one attached hydrogen (secondary N) is 2. The van der Waals surface area contributed by atoms with E-state index in [1.807, 2.05) is 55.5 Å². The highest BCUT2D eigenvalue weighted by atomic mass is 16.2. The van der Waals surface area contributed by atoms with Crippen LogP contribution in [0.25, 0.3) is 10.8 Å². The molecule has 5 nitrogen and oxygen atoms in total. The molecule has 1 saturated heterocycles. The summed E-state index contributed by atoms with van der Waals surface area (Å²) < 4.78 is 0. The molecule has 2 N–H and O–H groups in total. The minimum absolute atomic E-state index is 0.0271. The number of amides is 2. The van der Waals surface area contributed by atoms with Crippen molar-refractivity contribution in [1.82, 2.24) is 15.5 Å². The highest BCUT2D eigenvalue weighted by Gasteiger charge is 2.23. The maximum Gasteiger partial charge on any atom is 0.251 e. The summed E-state index contributed by atoms with van der Waals surface area (Å²) in [5.41, 5.74) is 1.82. The van der Waals surface area contributed by atoms with E-state index < -0.39 is 0 Å². The first kappa shape index (κ1) is 21.1. The van der Waals surface area contributed by atoms with E-state index in [2.05, 4.69) is 39.8 Å². The van der Waals surface area contributed by atoms with Crippen molar-refractivity contribution in [2.45, 2.75) is 31.8 Å². The normalized spacial score (nSPS) is 16.0. The fraction of sp³-hybridized carbons (Fsp3) is 0.308. The van der Waals surface area contributed by atoms with Gasteiger partial charge >= 0.3 is 0 Å². The van der Waals surface area contributed by atoms with Crippen molar-refractivity contribution in [3.8, 4) is 0 Å². The van der Waals surface area contributed by atoms with Gasteiger partial charge in [0.1, 0.15) is 0 Å². The zero-order valence-electron chi connectivity index (χ0n) is 17.9. The average Bonchev–Trinajstić information content (AvgIpc) is 2.80. The van der Waals surface area contributed by atoms with Crippen LogP contribution in [0, 0.1) is 0 Å². The molecule has 1 aliphatic heterocycles. The molecule has 160 valence electrons. The summed E-state index contributed by atoms with van der Waals surface area (Å²) in [5, 5.41) is 8.62. The molecular weight excluding hydrogens is 386 g/mol. The third-order valence-electron chi connectivity index (χ3n) is 5.99. The third kappa shape index (κ3) is 5.30. The van der Waals surface area contributed by atoms with Crippen molar-refractivity contribution in [3.05, 3.63) is 83.9 Å². The molecule has 0 aliphatic carbocycles. The summed E-state index contributed by atoms with van der Waals surface area (Å²) in [5.74, 6) is 0.00732. The van der Waals surface area contributed by atoms with Gasteiger partial charge in [-0.05, 0) is 48.2 Å². The molecule has 1 aliphatic rings. The number of piperidine rings is 1. The van der Waals surface area contributed by atoms with Crippen LogP contribution in [0.2, 0.25) is 0 Å². The van der Waals surface area contributed by atoms with E-state index >= 15 is 0 Å². The van der Waals surface area contributed by atoms with Crippen LogP contribution in [0.4, 0.5) is 0 Å². The van der Waals surface area contributed by atoms with Crippen LogP contribution in [0.3, 0.4) is 0 Å². The number of hydrogen-bond acceptors (Lipinski definition) is 3. The van der Waals surface area contributed by atoms with Gasteiger partial charge < -0.3 is 10.6 Å². The molecule has 0 bridgehead atoms. The quantitative estimate of drug-likeness (QED) is 0.642. The standard InChI is InChI=1S/C26H29N3O2/c1-19(23-13-7-11-20-8-5-6-12-24(20)23)27-25(30)18-29-16-14-22(15-17-29)28-26(31)21-9-3-2-4-10-21/h2-13,19,22H,14-18H2,1H3,(H,27,30)(H,28,31). The fourth-order valence-corrected chi connectivity index (χ4v) is 4.29. The van der Waals surface area contributed by atoms with E-state index in [0.717, 1.165) is 31.5 Å². The Morgan fingerprint density at radius 3 is 2.39 bits per heavy atom. The SMILES string of the molecule is CC(NC(=O)CN1CCC(NC(=O)c2ccccc2)CC1)c1cccc2ccccc12. The maximum atomic E-state index is 12.7. The first-order valence-corrected chi connectivity index (χ1v) is 11.0. The molecule has 0 radical (unpaired) electrons. The van der Waals surface area contributed by atoms with Crippen LogP contribution in [-0.4, -0.2) is 42.4 Å². The summed E-state index contributed by atoms with van der Waals surface area (Å²) >= 11 is 0. The molecule has 0 saturated carbocycles. The lowest BCUT2D eigenvalue weighted by atomic mass is 9.99. The van der Waals surface area contributed by atoms with Gasteiger partial charge in [-0.2, -0.15) is 0 Å². The second kappa shape index (κ2) is 9.75. The fourth-order valence-electron chi connectivity index (χ4n) is 4.29. The van der Waals surface area contributed by atoms with Crippen molar-refractivity contribution in [2.75, 3.05) is 19.6 Å². The summed E-state index contributed by atoms with van der Waals surface area (Å²) in [6, 6.07) is 23.8. The monoisotopic (exact) mass is 415 g/mol. The van der Waals surface area contributed by atoms with E-state index in [9.17, 15) is 9.59 Å². The molecule has 5 heteroatoms. The first-order chi connectivity index (χ1) is 15.1. The van der Waals surface area contributed by atoms with Crippen LogP contribution >= 0.6 is 0 Å². The van der Waals surface area contributed by atoms with Crippen LogP contribution in [-0.2, 0) is 4.79 Å². The number of carbonyl (C=O) groups excluding carboxylic acids is 2. The average molecular weight is 416 g/mol. The lowest BCUT2D eigenvalue weighted by molar-refractivity contribution is -0.123. The molecule has 0 aromatic heterocycles. The number of benzene rings is 3. The van der Waals surface area contributed by atoms with Gasteiger partial charge in [0, 0.05) is 24.7 Å². The van der Waals surface area contributed by atoms with E-state index in [1.165, 1.54) is 10.8 Å². The minimum atomic E-state index is -0.0544. The van der Waals surface area contributed by atoms with Crippen LogP contribution in [0.5, 0.6) is 0 Å². The molecule has 1 unspecified atom stereocenters. The smallest absolute Gasteiger partial charge is 0.251 e. The predicted octanol–water partition coefficient (Wildman–Crippen LogP) is 3.91. The van der Waals surface area contributed by atoms with Gasteiger partial charge in [-0.25, -0.2) is 0 Å². The largest absolute Gasteiger partial charge is 0.349 e. The maximum absolute atomic E-state index is 12.7. The Balaban J connectivity index is 1.26. The van der Waals surface area contributed by atoms with Gasteiger partial charge in [-0.15, -0.1) is 0 Å². The van der Waals surface area contributed by atoms with Crippen LogP contribution < -0.4 is 10.6 Å². The molecule has 1 heterocycles. The Morgan fingerprint density at radius 1 is 0.935 bits per heavy atom. The van der Waals surface area contributed by atoms with Crippen molar-refractivity contribution in [1.29, 1.82) is 0 Å². The summed E-state index contributed by atoms with van der Waals surface area (Å²) in [6.07, 6.45) is 1.70. The first-order valence-electron chi connectivity index (χ1n) is 11.0. The van der Waals surface area contributed by atoms with E-state index in [-0.39, 0.29) is 23.9 Å². The number of carbonyl (C=O) groups is 2. The molecule has 31 heavy (non-hydrogen) atoms. The zero-order valence-corrected chi connectivity index (χ0v) is 17.9. The van der Waals surface area contributed by atoms with Gasteiger partial charge in [0.25, 0.3) is 5.91 Å². The lowest BCUT2D eigenvalue weighted by Crippen LogP contribution is -2.47. The van der Waals surface area contributed by atoms with Gasteiger partial charge in [0.05, 0.1) is 12.6 Å². The van der Waals surface area contributed by atoms with Gasteiger partial charge in [0.2, 0.25) is 5.91 Å². The molecule has 4 rings (SSSR count). The molecule has 1 fully saturated rings. The minimum Gasteiger partial charge on any atom is -0.349 e. The van der Waals surface area contributed by atoms with Gasteiger partial charge in [-0.3, -0.25) is 14.5 Å². The van der Waals surface area contributed by atoms with E-state index in [4.69, 9.17) is 0 Å². The van der Waals surface area contributed by atoms with Crippen LogP contribution in [0.1, 0.15) is 41.7 Å². The molecule has 0 spiro atoms. The number of nitrogens with zero attached hydrogens (tertiary/aromatic N) is 1.